The van der Waals surface area contributed by atoms with Gasteiger partial charge in [0.2, 0.25) is 21.8 Å². The third kappa shape index (κ3) is 4.92. The second kappa shape index (κ2) is 10.2. The lowest BCUT2D eigenvalue weighted by Gasteiger charge is -2.32. The number of hydrogen-bond acceptors (Lipinski definition) is 4. The third-order valence-electron chi connectivity index (χ3n) is 6.57. The molecule has 0 saturated carbocycles. The van der Waals surface area contributed by atoms with E-state index >= 15 is 0 Å². The summed E-state index contributed by atoms with van der Waals surface area (Å²) in [5.41, 5.74) is 3.18. The Morgan fingerprint density at radius 1 is 1.15 bits per heavy atom. The molecule has 0 unspecified atom stereocenters. The van der Waals surface area contributed by atoms with Gasteiger partial charge < -0.3 is 10.2 Å². The molecule has 2 aromatic carbocycles. The number of benzene rings is 2. The molecule has 4 rings (SSSR count). The summed E-state index contributed by atoms with van der Waals surface area (Å²) in [6.07, 6.45) is 3.02. The SMILES string of the molecule is CCC(=O)N1CCc2cc(Br)cc(S(=O)(=O)N3CCC[C@@H](C(=O)Nc4cccc(CC)c4)C3)c21. The van der Waals surface area contributed by atoms with Crippen molar-refractivity contribution in [3.63, 3.8) is 0 Å². The number of nitrogens with one attached hydrogen (secondary N) is 1. The molecule has 182 valence electrons. The van der Waals surface area contributed by atoms with Crippen LogP contribution in [0.5, 0.6) is 0 Å². The van der Waals surface area contributed by atoms with Crippen LogP contribution in [0.15, 0.2) is 45.8 Å². The number of sulfonamides is 1. The number of rotatable bonds is 6. The molecule has 0 bridgehead atoms. The van der Waals surface area contributed by atoms with E-state index in [-0.39, 0.29) is 23.3 Å². The van der Waals surface area contributed by atoms with Crippen molar-refractivity contribution < 1.29 is 18.0 Å². The topological polar surface area (TPSA) is 86.8 Å². The van der Waals surface area contributed by atoms with Gasteiger partial charge in [-0.1, -0.05) is 41.9 Å². The van der Waals surface area contributed by atoms with E-state index in [1.807, 2.05) is 30.3 Å². The zero-order valence-electron chi connectivity index (χ0n) is 19.5. The van der Waals surface area contributed by atoms with Crippen molar-refractivity contribution in [3.05, 3.63) is 52.0 Å². The number of amides is 2. The van der Waals surface area contributed by atoms with Crippen LogP contribution in [0.3, 0.4) is 0 Å². The predicted molar refractivity (Wildman–Crippen MR) is 136 cm³/mol. The van der Waals surface area contributed by atoms with Crippen LogP contribution in [0.2, 0.25) is 0 Å². The van der Waals surface area contributed by atoms with Gasteiger partial charge in [0.25, 0.3) is 0 Å². The van der Waals surface area contributed by atoms with Gasteiger partial charge in [0.15, 0.2) is 0 Å². The third-order valence-corrected chi connectivity index (χ3v) is 8.91. The van der Waals surface area contributed by atoms with E-state index in [0.717, 1.165) is 23.2 Å². The van der Waals surface area contributed by atoms with E-state index in [9.17, 15) is 18.0 Å². The van der Waals surface area contributed by atoms with Crippen LogP contribution in [0, 0.1) is 5.92 Å². The Balaban J connectivity index is 1.59. The highest BCUT2D eigenvalue weighted by molar-refractivity contribution is 9.10. The van der Waals surface area contributed by atoms with Gasteiger partial charge in [-0.05, 0) is 61.1 Å². The molecule has 1 fully saturated rings. The quantitative estimate of drug-likeness (QED) is 0.582. The van der Waals surface area contributed by atoms with Gasteiger partial charge in [0.1, 0.15) is 4.90 Å². The fraction of sp³-hybridized carbons (Fsp3) is 0.440. The molecular weight excluding hydrogens is 518 g/mol. The maximum atomic E-state index is 13.8. The van der Waals surface area contributed by atoms with Gasteiger partial charge >= 0.3 is 0 Å². The number of fused-ring (bicyclic) bond motifs is 1. The Morgan fingerprint density at radius 3 is 2.68 bits per heavy atom. The highest BCUT2D eigenvalue weighted by Gasteiger charge is 2.38. The molecule has 0 radical (unpaired) electrons. The number of anilines is 2. The van der Waals surface area contributed by atoms with Gasteiger partial charge in [-0.2, -0.15) is 4.31 Å². The number of carbonyl (C=O) groups excluding carboxylic acids is 2. The van der Waals surface area contributed by atoms with Crippen molar-refractivity contribution >= 4 is 49.1 Å². The van der Waals surface area contributed by atoms with Crippen molar-refractivity contribution in [1.29, 1.82) is 0 Å². The second-order valence-corrected chi connectivity index (χ2v) is 11.6. The molecule has 2 heterocycles. The molecule has 0 aromatic heterocycles. The summed E-state index contributed by atoms with van der Waals surface area (Å²) in [6.45, 7) is 4.77. The van der Waals surface area contributed by atoms with Crippen LogP contribution in [0.25, 0.3) is 0 Å². The summed E-state index contributed by atoms with van der Waals surface area (Å²) in [6, 6.07) is 11.2. The predicted octanol–water partition coefficient (Wildman–Crippen LogP) is 4.35. The maximum Gasteiger partial charge on any atom is 0.245 e. The van der Waals surface area contributed by atoms with E-state index in [2.05, 4.69) is 28.2 Å². The lowest BCUT2D eigenvalue weighted by Crippen LogP contribution is -2.44. The summed E-state index contributed by atoms with van der Waals surface area (Å²) in [4.78, 5) is 27.3. The van der Waals surface area contributed by atoms with Crippen molar-refractivity contribution in [3.8, 4) is 0 Å². The van der Waals surface area contributed by atoms with Gasteiger partial charge in [0.05, 0.1) is 11.6 Å². The van der Waals surface area contributed by atoms with E-state index in [1.54, 1.807) is 17.9 Å². The first-order chi connectivity index (χ1) is 16.2. The van der Waals surface area contributed by atoms with E-state index < -0.39 is 15.9 Å². The Kier molecular flexibility index (Phi) is 7.45. The van der Waals surface area contributed by atoms with Crippen LogP contribution in [0.4, 0.5) is 11.4 Å². The average Bonchev–Trinajstić information content (AvgIpc) is 3.26. The van der Waals surface area contributed by atoms with Crippen molar-refractivity contribution in [1.82, 2.24) is 4.31 Å². The molecule has 1 atom stereocenters. The Hall–Kier alpha value is -2.23. The summed E-state index contributed by atoms with van der Waals surface area (Å²) < 4.78 is 29.7. The number of piperidine rings is 1. The van der Waals surface area contributed by atoms with Crippen LogP contribution in [-0.2, 0) is 32.5 Å². The minimum absolute atomic E-state index is 0.0947. The minimum Gasteiger partial charge on any atom is -0.326 e. The largest absolute Gasteiger partial charge is 0.326 e. The smallest absolute Gasteiger partial charge is 0.245 e. The summed E-state index contributed by atoms with van der Waals surface area (Å²) in [7, 11) is -3.90. The molecular formula is C25H30BrN3O4S. The molecule has 0 spiro atoms. The lowest BCUT2D eigenvalue weighted by atomic mass is 9.98. The zero-order chi connectivity index (χ0) is 24.5. The molecule has 34 heavy (non-hydrogen) atoms. The number of nitrogens with zero attached hydrogens (tertiary/aromatic N) is 2. The fourth-order valence-electron chi connectivity index (χ4n) is 4.73. The van der Waals surface area contributed by atoms with E-state index in [0.29, 0.717) is 48.9 Å². The minimum atomic E-state index is -3.90. The molecule has 1 N–H and O–H groups in total. The Bertz CT molecular complexity index is 1210. The highest BCUT2D eigenvalue weighted by atomic mass is 79.9. The number of carbonyl (C=O) groups is 2. The summed E-state index contributed by atoms with van der Waals surface area (Å²) in [5.74, 6) is -0.708. The number of halogens is 1. The summed E-state index contributed by atoms with van der Waals surface area (Å²) in [5, 5.41) is 2.96. The molecule has 1 saturated heterocycles. The maximum absolute atomic E-state index is 13.8. The highest BCUT2D eigenvalue weighted by Crippen LogP contribution is 2.40. The first kappa shape index (κ1) is 24.9. The Morgan fingerprint density at radius 2 is 1.94 bits per heavy atom. The van der Waals surface area contributed by atoms with Crippen LogP contribution < -0.4 is 10.2 Å². The second-order valence-electron chi connectivity index (χ2n) is 8.81. The molecule has 9 heteroatoms. The number of aryl methyl sites for hydroxylation is 1. The van der Waals surface area contributed by atoms with Gasteiger partial charge in [-0.15, -0.1) is 0 Å². The first-order valence-electron chi connectivity index (χ1n) is 11.8. The van der Waals surface area contributed by atoms with Gasteiger partial charge in [0, 0.05) is 36.2 Å². The van der Waals surface area contributed by atoms with E-state index in [4.69, 9.17) is 0 Å². The molecule has 2 amide bonds. The first-order valence-corrected chi connectivity index (χ1v) is 14.0. The monoisotopic (exact) mass is 547 g/mol. The standard InChI is InChI=1S/C25H30BrN3O4S/c1-3-17-7-5-9-21(13-17)27-25(31)19-8-6-11-28(16-19)34(32,33)22-15-20(26)14-18-10-12-29(24(18)22)23(30)4-2/h5,7,9,13-15,19H,3-4,6,8,10-12,16H2,1-2H3,(H,27,31)/t19-/m1/s1. The normalized spacial score (nSPS) is 18.6. The average molecular weight is 549 g/mol. The Labute approximate surface area is 209 Å². The molecule has 2 aliphatic rings. The number of hydrogen-bond donors (Lipinski definition) is 1. The van der Waals surface area contributed by atoms with Gasteiger partial charge in [-0.3, -0.25) is 9.59 Å². The molecule has 7 nitrogen and oxygen atoms in total. The van der Waals surface area contributed by atoms with Crippen LogP contribution in [-0.4, -0.2) is 44.2 Å². The zero-order valence-corrected chi connectivity index (χ0v) is 21.9. The molecule has 2 aromatic rings. The van der Waals surface area contributed by atoms with Crippen LogP contribution in [0.1, 0.15) is 44.2 Å². The van der Waals surface area contributed by atoms with Crippen LogP contribution >= 0.6 is 15.9 Å². The molecule has 2 aliphatic heterocycles. The van der Waals surface area contributed by atoms with Crippen molar-refractivity contribution in [2.24, 2.45) is 5.92 Å². The van der Waals surface area contributed by atoms with E-state index in [1.165, 1.54) is 4.31 Å². The van der Waals surface area contributed by atoms with Crippen molar-refractivity contribution in [2.75, 3.05) is 29.9 Å². The fourth-order valence-corrected chi connectivity index (χ4v) is 7.18. The molecule has 0 aliphatic carbocycles. The van der Waals surface area contributed by atoms with Crippen molar-refractivity contribution in [2.45, 2.75) is 50.8 Å². The summed E-state index contributed by atoms with van der Waals surface area (Å²) >= 11 is 3.44. The van der Waals surface area contributed by atoms with Gasteiger partial charge in [-0.25, -0.2) is 8.42 Å². The lowest BCUT2D eigenvalue weighted by molar-refractivity contribution is -0.121.